The van der Waals surface area contributed by atoms with Crippen LogP contribution in [0.3, 0.4) is 0 Å². The van der Waals surface area contributed by atoms with Gasteiger partial charge in [0, 0.05) is 0 Å². The van der Waals surface area contributed by atoms with Gasteiger partial charge in [-0.1, -0.05) is 42.5 Å². The van der Waals surface area contributed by atoms with Crippen LogP contribution in [0.4, 0.5) is 0 Å². The molecular weight excluding hydrogens is 188 g/mol. The molecule has 0 radical (unpaired) electrons. The van der Waals surface area contributed by atoms with Gasteiger partial charge < -0.3 is 5.11 Å². The second-order valence-corrected chi connectivity index (χ2v) is 4.08. The molecule has 0 heterocycles. The average Bonchev–Trinajstić information content (AvgIpc) is 2.18. The van der Waals surface area contributed by atoms with Gasteiger partial charge in [-0.15, -0.1) is 0 Å². The molecule has 0 aromatic heterocycles. The van der Waals surface area contributed by atoms with Crippen LogP contribution in [0.2, 0.25) is 0 Å². The molecule has 0 aliphatic heterocycles. The molecule has 1 aromatic carbocycles. The molecule has 80 valence electrons. The highest BCUT2D eigenvalue weighted by Crippen LogP contribution is 2.30. The summed E-state index contributed by atoms with van der Waals surface area (Å²) < 4.78 is 0. The van der Waals surface area contributed by atoms with E-state index in [0.29, 0.717) is 12.0 Å². The maximum absolute atomic E-state index is 11.2. The van der Waals surface area contributed by atoms with Gasteiger partial charge in [-0.2, -0.15) is 0 Å². The molecule has 0 amide bonds. The van der Waals surface area contributed by atoms with Crippen LogP contribution in [-0.2, 0) is 11.2 Å². The van der Waals surface area contributed by atoms with Crippen molar-refractivity contribution in [1.29, 1.82) is 0 Å². The van der Waals surface area contributed by atoms with Gasteiger partial charge in [0.1, 0.15) is 0 Å². The van der Waals surface area contributed by atoms with E-state index >= 15 is 0 Å². The van der Waals surface area contributed by atoms with Crippen LogP contribution in [0.1, 0.15) is 19.4 Å². The summed E-state index contributed by atoms with van der Waals surface area (Å²) in [5.41, 5.74) is 0.825. The van der Waals surface area contributed by atoms with Crippen LogP contribution >= 0.6 is 0 Å². The van der Waals surface area contributed by atoms with E-state index in [1.54, 1.807) is 13.8 Å². The largest absolute Gasteiger partial charge is 0.481 e. The Bertz CT molecular complexity index is 351. The molecule has 1 atom stereocenters. The standard InChI is InChI=1S/C13H16O2/c1-10(2)13(3,12(14)15)9-11-7-5-4-6-8-11/h4-8H,1,9H2,2-3H3,(H,14,15). The molecule has 0 saturated carbocycles. The minimum Gasteiger partial charge on any atom is -0.481 e. The van der Waals surface area contributed by atoms with Crippen molar-refractivity contribution in [2.45, 2.75) is 20.3 Å². The fourth-order valence-corrected chi connectivity index (χ4v) is 1.41. The van der Waals surface area contributed by atoms with Crippen LogP contribution in [0.5, 0.6) is 0 Å². The first-order valence-corrected chi connectivity index (χ1v) is 4.90. The third-order valence-electron chi connectivity index (χ3n) is 2.81. The molecule has 0 bridgehead atoms. The quantitative estimate of drug-likeness (QED) is 0.766. The van der Waals surface area contributed by atoms with Crippen molar-refractivity contribution in [3.63, 3.8) is 0 Å². The van der Waals surface area contributed by atoms with E-state index in [0.717, 1.165) is 5.56 Å². The Labute approximate surface area is 90.3 Å². The molecule has 0 spiro atoms. The summed E-state index contributed by atoms with van der Waals surface area (Å²) in [6.45, 7) is 7.24. The van der Waals surface area contributed by atoms with Gasteiger partial charge in [-0.25, -0.2) is 0 Å². The number of benzene rings is 1. The van der Waals surface area contributed by atoms with Crippen molar-refractivity contribution in [2.24, 2.45) is 5.41 Å². The minimum absolute atomic E-state index is 0.485. The highest BCUT2D eigenvalue weighted by atomic mass is 16.4. The van der Waals surface area contributed by atoms with E-state index in [1.807, 2.05) is 30.3 Å². The molecule has 1 unspecified atom stereocenters. The van der Waals surface area contributed by atoms with E-state index in [1.165, 1.54) is 0 Å². The molecule has 15 heavy (non-hydrogen) atoms. The van der Waals surface area contributed by atoms with Gasteiger partial charge in [-0.05, 0) is 25.8 Å². The summed E-state index contributed by atoms with van der Waals surface area (Å²) in [4.78, 5) is 11.2. The smallest absolute Gasteiger partial charge is 0.313 e. The summed E-state index contributed by atoms with van der Waals surface area (Å²) in [6.07, 6.45) is 0.485. The minimum atomic E-state index is -0.874. The Morgan fingerprint density at radius 1 is 1.40 bits per heavy atom. The first kappa shape index (κ1) is 11.5. The monoisotopic (exact) mass is 204 g/mol. The summed E-state index contributed by atoms with van der Waals surface area (Å²) in [5.74, 6) is -0.821. The third kappa shape index (κ3) is 2.46. The number of carboxylic acid groups (broad SMARTS) is 1. The molecule has 0 fully saturated rings. The summed E-state index contributed by atoms with van der Waals surface area (Å²) in [5, 5.41) is 9.20. The molecule has 0 aliphatic rings. The van der Waals surface area contributed by atoms with E-state index in [-0.39, 0.29) is 0 Å². The summed E-state index contributed by atoms with van der Waals surface area (Å²) in [7, 11) is 0. The highest BCUT2D eigenvalue weighted by molar-refractivity contribution is 5.78. The lowest BCUT2D eigenvalue weighted by atomic mass is 9.78. The first-order chi connectivity index (χ1) is 6.97. The van der Waals surface area contributed by atoms with Crippen molar-refractivity contribution >= 4 is 5.97 Å². The molecule has 2 heteroatoms. The Hall–Kier alpha value is -1.57. The third-order valence-corrected chi connectivity index (χ3v) is 2.81. The SMILES string of the molecule is C=C(C)C(C)(Cc1ccccc1)C(=O)O. The molecule has 2 nitrogen and oxygen atoms in total. The first-order valence-electron chi connectivity index (χ1n) is 4.90. The molecule has 1 rings (SSSR count). The van der Waals surface area contributed by atoms with Gasteiger partial charge >= 0.3 is 5.97 Å². The van der Waals surface area contributed by atoms with Crippen molar-refractivity contribution in [3.05, 3.63) is 48.0 Å². The number of carboxylic acids is 1. The van der Waals surface area contributed by atoms with E-state index < -0.39 is 11.4 Å². The van der Waals surface area contributed by atoms with Crippen molar-refractivity contribution in [3.8, 4) is 0 Å². The second-order valence-electron chi connectivity index (χ2n) is 4.08. The molecule has 0 saturated heterocycles. The lowest BCUT2D eigenvalue weighted by molar-refractivity contribution is -0.145. The fourth-order valence-electron chi connectivity index (χ4n) is 1.41. The Morgan fingerprint density at radius 3 is 2.33 bits per heavy atom. The molecule has 1 N–H and O–H groups in total. The Morgan fingerprint density at radius 2 is 1.93 bits per heavy atom. The fraction of sp³-hybridized carbons (Fsp3) is 0.308. The van der Waals surface area contributed by atoms with Gasteiger partial charge in [0.15, 0.2) is 0 Å². The van der Waals surface area contributed by atoms with Gasteiger partial charge in [0.2, 0.25) is 0 Å². The lowest BCUT2D eigenvalue weighted by Crippen LogP contribution is -2.30. The average molecular weight is 204 g/mol. The van der Waals surface area contributed by atoms with Crippen LogP contribution in [0.15, 0.2) is 42.5 Å². The highest BCUT2D eigenvalue weighted by Gasteiger charge is 2.33. The number of rotatable bonds is 4. The zero-order valence-corrected chi connectivity index (χ0v) is 9.16. The van der Waals surface area contributed by atoms with E-state index in [2.05, 4.69) is 6.58 Å². The van der Waals surface area contributed by atoms with Gasteiger partial charge in [0.05, 0.1) is 5.41 Å². The molecular formula is C13H16O2. The predicted molar refractivity (Wildman–Crippen MR) is 60.7 cm³/mol. The number of hydrogen-bond donors (Lipinski definition) is 1. The molecule has 0 aliphatic carbocycles. The van der Waals surface area contributed by atoms with Crippen LogP contribution in [0, 0.1) is 5.41 Å². The van der Waals surface area contributed by atoms with Crippen LogP contribution in [-0.4, -0.2) is 11.1 Å². The lowest BCUT2D eigenvalue weighted by Gasteiger charge is -2.25. The van der Waals surface area contributed by atoms with Gasteiger partial charge in [-0.3, -0.25) is 4.79 Å². The number of aliphatic carboxylic acids is 1. The second kappa shape index (κ2) is 4.30. The van der Waals surface area contributed by atoms with Crippen molar-refractivity contribution < 1.29 is 9.90 Å². The number of hydrogen-bond acceptors (Lipinski definition) is 1. The zero-order valence-electron chi connectivity index (χ0n) is 9.16. The Balaban J connectivity index is 2.95. The van der Waals surface area contributed by atoms with Crippen molar-refractivity contribution in [2.75, 3.05) is 0 Å². The van der Waals surface area contributed by atoms with Gasteiger partial charge in [0.25, 0.3) is 0 Å². The zero-order chi connectivity index (χ0) is 11.5. The van der Waals surface area contributed by atoms with E-state index in [4.69, 9.17) is 0 Å². The maximum atomic E-state index is 11.2. The summed E-state index contributed by atoms with van der Waals surface area (Å²) in [6, 6.07) is 9.61. The van der Waals surface area contributed by atoms with Crippen LogP contribution < -0.4 is 0 Å². The van der Waals surface area contributed by atoms with Crippen molar-refractivity contribution in [1.82, 2.24) is 0 Å². The molecule has 1 aromatic rings. The summed E-state index contributed by atoms with van der Waals surface area (Å²) >= 11 is 0. The topological polar surface area (TPSA) is 37.3 Å². The Kier molecular flexibility index (Phi) is 3.30. The normalized spacial score (nSPS) is 14.3. The number of carbonyl (C=O) groups is 1. The van der Waals surface area contributed by atoms with Crippen LogP contribution in [0.25, 0.3) is 0 Å². The maximum Gasteiger partial charge on any atom is 0.313 e. The van der Waals surface area contributed by atoms with E-state index in [9.17, 15) is 9.90 Å². The predicted octanol–water partition coefficient (Wildman–Crippen LogP) is 2.90.